The lowest BCUT2D eigenvalue weighted by molar-refractivity contribution is -0.0958. The molecule has 1 aliphatic heterocycles. The van der Waals surface area contributed by atoms with Crippen LogP contribution < -0.4 is 16.2 Å². The van der Waals surface area contributed by atoms with Crippen LogP contribution in [0.1, 0.15) is 11.1 Å². The lowest BCUT2D eigenvalue weighted by Gasteiger charge is -2.34. The summed E-state index contributed by atoms with van der Waals surface area (Å²) in [4.78, 5) is 6.93. The second kappa shape index (κ2) is 8.62. The highest BCUT2D eigenvalue weighted by Gasteiger charge is 2.28. The Balaban J connectivity index is 2.11. The zero-order valence-corrected chi connectivity index (χ0v) is 15.6. The lowest BCUT2D eigenvalue weighted by atomic mass is 10.00. The third-order valence-electron chi connectivity index (χ3n) is 4.43. The summed E-state index contributed by atoms with van der Waals surface area (Å²) in [6, 6.07) is 15.8. The molecule has 7 heteroatoms. The minimum atomic E-state index is -0.396. The first-order chi connectivity index (χ1) is 12.7. The van der Waals surface area contributed by atoms with Gasteiger partial charge in [-0.05, 0) is 18.2 Å². The first kappa shape index (κ1) is 18.8. The number of ether oxygens (including phenoxy) is 2. The van der Waals surface area contributed by atoms with Crippen LogP contribution in [0.2, 0.25) is 5.02 Å². The summed E-state index contributed by atoms with van der Waals surface area (Å²) in [6.07, 6.45) is -0.600. The molecule has 2 aromatic carbocycles. The van der Waals surface area contributed by atoms with Gasteiger partial charge in [0.25, 0.3) is 0 Å². The van der Waals surface area contributed by atoms with Gasteiger partial charge in [-0.25, -0.2) is 5.43 Å². The summed E-state index contributed by atoms with van der Waals surface area (Å²) >= 11 is 6.30. The largest absolute Gasteiger partial charge is 0.354 e. The van der Waals surface area contributed by atoms with Crippen LogP contribution in [-0.2, 0) is 9.47 Å². The van der Waals surface area contributed by atoms with E-state index in [4.69, 9.17) is 31.9 Å². The number of methoxy groups -OCH3 is 2. The van der Waals surface area contributed by atoms with Crippen molar-refractivity contribution in [3.8, 4) is 0 Å². The molecule has 2 aromatic rings. The van der Waals surface area contributed by atoms with Crippen molar-refractivity contribution in [1.82, 2.24) is 5.43 Å². The molecular formula is C19H23ClN4O2. The maximum atomic E-state index is 6.30. The van der Waals surface area contributed by atoms with E-state index < -0.39 is 6.29 Å². The zero-order chi connectivity index (χ0) is 18.5. The fraction of sp³-hybridized carbons (Fsp3) is 0.316. The molecule has 1 unspecified atom stereocenters. The predicted octanol–water partition coefficient (Wildman–Crippen LogP) is 2.41. The zero-order valence-electron chi connectivity index (χ0n) is 14.9. The number of nitrogens with two attached hydrogens (primary N) is 1. The van der Waals surface area contributed by atoms with Crippen LogP contribution in [0, 0.1) is 0 Å². The number of nitrogens with zero attached hydrogens (tertiary/aromatic N) is 2. The molecule has 0 bridgehead atoms. The smallest absolute Gasteiger partial charge is 0.174 e. The minimum Gasteiger partial charge on any atom is -0.354 e. The molecular weight excluding hydrogens is 352 g/mol. The lowest BCUT2D eigenvalue weighted by Crippen LogP contribution is -2.53. The van der Waals surface area contributed by atoms with Crippen molar-refractivity contribution < 1.29 is 9.47 Å². The van der Waals surface area contributed by atoms with E-state index in [0.717, 1.165) is 22.5 Å². The molecule has 0 saturated heterocycles. The van der Waals surface area contributed by atoms with E-state index in [1.165, 1.54) is 0 Å². The Hall–Kier alpha value is -1.96. The second-order valence-corrected chi connectivity index (χ2v) is 6.39. The van der Waals surface area contributed by atoms with Crippen molar-refractivity contribution in [2.24, 2.45) is 10.8 Å². The van der Waals surface area contributed by atoms with Crippen LogP contribution in [-0.4, -0.2) is 45.5 Å². The fourth-order valence-corrected chi connectivity index (χ4v) is 3.27. The number of fused-ring (bicyclic) bond motifs is 1. The molecule has 138 valence electrons. The number of nitrogens with one attached hydrogen (secondary N) is 1. The topological polar surface area (TPSA) is 72.1 Å². The maximum Gasteiger partial charge on any atom is 0.174 e. The van der Waals surface area contributed by atoms with Gasteiger partial charge in [-0.3, -0.25) is 10.8 Å². The molecule has 0 fully saturated rings. The number of hydrazine groups is 1. The van der Waals surface area contributed by atoms with Crippen LogP contribution in [0.3, 0.4) is 0 Å². The van der Waals surface area contributed by atoms with Crippen molar-refractivity contribution in [1.29, 1.82) is 0 Å². The van der Waals surface area contributed by atoms with E-state index in [2.05, 4.69) is 10.3 Å². The average molecular weight is 375 g/mol. The summed E-state index contributed by atoms with van der Waals surface area (Å²) in [5, 5.41) is 0.654. The van der Waals surface area contributed by atoms with E-state index in [-0.39, 0.29) is 6.17 Å². The number of anilines is 1. The number of hydrogen-bond donors (Lipinski definition) is 2. The van der Waals surface area contributed by atoms with Gasteiger partial charge in [0.05, 0.1) is 18.8 Å². The van der Waals surface area contributed by atoms with Gasteiger partial charge in [-0.1, -0.05) is 41.9 Å². The Labute approximate surface area is 158 Å². The minimum absolute atomic E-state index is 0.205. The van der Waals surface area contributed by atoms with Crippen LogP contribution >= 0.6 is 11.6 Å². The first-order valence-electron chi connectivity index (χ1n) is 8.36. The third kappa shape index (κ3) is 3.90. The molecule has 26 heavy (non-hydrogen) atoms. The number of hydrogen-bond acceptors (Lipinski definition) is 6. The molecule has 1 aliphatic rings. The second-order valence-electron chi connectivity index (χ2n) is 5.95. The highest BCUT2D eigenvalue weighted by Crippen LogP contribution is 2.31. The molecule has 6 nitrogen and oxygen atoms in total. The highest BCUT2D eigenvalue weighted by atomic mass is 35.5. The first-order valence-corrected chi connectivity index (χ1v) is 8.74. The molecule has 1 heterocycles. The molecule has 3 rings (SSSR count). The Morgan fingerprint density at radius 3 is 2.62 bits per heavy atom. The monoisotopic (exact) mass is 374 g/mol. The molecule has 3 N–H and O–H groups in total. The van der Waals surface area contributed by atoms with Crippen molar-refractivity contribution in [3.63, 3.8) is 0 Å². The van der Waals surface area contributed by atoms with Gasteiger partial charge in [0.1, 0.15) is 6.17 Å². The Morgan fingerprint density at radius 2 is 1.96 bits per heavy atom. The van der Waals surface area contributed by atoms with Crippen LogP contribution in [0.25, 0.3) is 0 Å². The van der Waals surface area contributed by atoms with E-state index in [1.54, 1.807) is 14.2 Å². The normalized spacial score (nSPS) is 17.0. The third-order valence-corrected chi connectivity index (χ3v) is 4.67. The van der Waals surface area contributed by atoms with Gasteiger partial charge in [0, 0.05) is 36.1 Å². The van der Waals surface area contributed by atoms with Gasteiger partial charge < -0.3 is 14.4 Å². The van der Waals surface area contributed by atoms with Gasteiger partial charge in [-0.15, -0.1) is 0 Å². The summed E-state index contributed by atoms with van der Waals surface area (Å²) in [5.74, 6) is 5.82. The van der Waals surface area contributed by atoms with Crippen LogP contribution in [0.5, 0.6) is 0 Å². The summed E-state index contributed by atoms with van der Waals surface area (Å²) in [7, 11) is 3.23. The molecule has 1 atom stereocenters. The average Bonchev–Trinajstić information content (AvgIpc) is 2.83. The van der Waals surface area contributed by atoms with Crippen LogP contribution in [0.15, 0.2) is 53.5 Å². The number of benzodiazepines with no additional fused rings is 1. The number of aliphatic imine (C=N–C) groups is 1. The van der Waals surface area contributed by atoms with Crippen LogP contribution in [0.4, 0.5) is 5.69 Å². The van der Waals surface area contributed by atoms with Gasteiger partial charge in [-0.2, -0.15) is 0 Å². The number of rotatable bonds is 6. The number of benzene rings is 2. The van der Waals surface area contributed by atoms with E-state index in [1.807, 2.05) is 48.5 Å². The predicted molar refractivity (Wildman–Crippen MR) is 105 cm³/mol. The van der Waals surface area contributed by atoms with E-state index in [0.29, 0.717) is 18.1 Å². The molecule has 0 saturated carbocycles. The van der Waals surface area contributed by atoms with Gasteiger partial charge in [0.15, 0.2) is 6.29 Å². The van der Waals surface area contributed by atoms with Crippen molar-refractivity contribution in [2.75, 3.05) is 32.2 Å². The summed E-state index contributed by atoms with van der Waals surface area (Å²) in [6.45, 7) is 0.973. The fourth-order valence-electron chi connectivity index (χ4n) is 3.09. The SMILES string of the molecule is COC(CN1c2ccc(Cl)cc2C(c2ccccc2)=NCC1NN)OC. The summed E-state index contributed by atoms with van der Waals surface area (Å²) in [5.41, 5.74) is 6.69. The standard InChI is InChI=1S/C19H23ClN4O2/c1-25-18(26-2)12-24-16-9-8-14(20)10-15(16)19(22-11-17(24)23-21)13-6-4-3-5-7-13/h3-10,17-18,23H,11-12,21H2,1-2H3. The van der Waals surface area contributed by atoms with Gasteiger partial charge in [0.2, 0.25) is 0 Å². The molecule has 0 spiro atoms. The highest BCUT2D eigenvalue weighted by molar-refractivity contribution is 6.31. The molecule has 0 radical (unpaired) electrons. The molecule has 0 aromatic heterocycles. The molecule has 0 aliphatic carbocycles. The maximum absolute atomic E-state index is 6.30. The van der Waals surface area contributed by atoms with Gasteiger partial charge >= 0.3 is 0 Å². The van der Waals surface area contributed by atoms with Crippen molar-refractivity contribution in [2.45, 2.75) is 12.5 Å². The quantitative estimate of drug-likeness (QED) is 0.461. The molecule has 0 amide bonds. The Kier molecular flexibility index (Phi) is 6.24. The summed E-state index contributed by atoms with van der Waals surface area (Å²) < 4.78 is 10.8. The Morgan fingerprint density at radius 1 is 1.23 bits per heavy atom. The van der Waals surface area contributed by atoms with Crippen molar-refractivity contribution >= 4 is 23.0 Å². The van der Waals surface area contributed by atoms with Crippen molar-refractivity contribution in [3.05, 3.63) is 64.7 Å². The Bertz CT molecular complexity index is 765. The van der Waals surface area contributed by atoms with E-state index >= 15 is 0 Å². The van der Waals surface area contributed by atoms with E-state index in [9.17, 15) is 0 Å². The number of halogens is 1.